The average molecular weight is 389 g/mol. The van der Waals surface area contributed by atoms with Crippen LogP contribution in [-0.4, -0.2) is 28.8 Å². The van der Waals surface area contributed by atoms with E-state index >= 15 is 0 Å². The van der Waals surface area contributed by atoms with Crippen LogP contribution >= 0.6 is 0 Å². The Balaban J connectivity index is 1.73. The fourth-order valence-electron chi connectivity index (χ4n) is 2.80. The first-order chi connectivity index (χ1) is 13.9. The average Bonchev–Trinajstić information content (AvgIpc) is 2.69. The molecule has 0 saturated heterocycles. The van der Waals surface area contributed by atoms with Gasteiger partial charge in [0.25, 0.3) is 5.91 Å². The summed E-state index contributed by atoms with van der Waals surface area (Å²) in [5.74, 6) is 0.0162. The molecule has 0 fully saturated rings. The highest BCUT2D eigenvalue weighted by molar-refractivity contribution is 6.03. The van der Waals surface area contributed by atoms with E-state index in [0.29, 0.717) is 35.3 Å². The minimum atomic E-state index is -0.322. The minimum absolute atomic E-state index is 0.148. The molecular formula is C22H23N5O2. The Hall–Kier alpha value is -3.74. The lowest BCUT2D eigenvalue weighted by atomic mass is 10.2. The van der Waals surface area contributed by atoms with Crippen LogP contribution in [0.5, 0.6) is 0 Å². The predicted molar refractivity (Wildman–Crippen MR) is 114 cm³/mol. The lowest BCUT2D eigenvalue weighted by Gasteiger charge is -2.18. The van der Waals surface area contributed by atoms with Crippen molar-refractivity contribution in [3.63, 3.8) is 0 Å². The molecular weight excluding hydrogens is 366 g/mol. The van der Waals surface area contributed by atoms with Crippen LogP contribution in [0.15, 0.2) is 60.7 Å². The largest absolute Gasteiger partial charge is 0.340 e. The zero-order chi connectivity index (χ0) is 20.8. The van der Waals surface area contributed by atoms with E-state index in [9.17, 15) is 9.59 Å². The van der Waals surface area contributed by atoms with Gasteiger partial charge in [0.2, 0.25) is 11.9 Å². The van der Waals surface area contributed by atoms with Crippen molar-refractivity contribution in [2.45, 2.75) is 20.4 Å². The van der Waals surface area contributed by atoms with Gasteiger partial charge in [0.1, 0.15) is 5.69 Å². The number of benzene rings is 2. The van der Waals surface area contributed by atoms with Crippen LogP contribution in [0.25, 0.3) is 0 Å². The van der Waals surface area contributed by atoms with Gasteiger partial charge in [0.05, 0.1) is 0 Å². The molecule has 2 aromatic carbocycles. The molecule has 0 bridgehead atoms. The molecule has 7 heteroatoms. The smallest absolute Gasteiger partial charge is 0.274 e. The van der Waals surface area contributed by atoms with Gasteiger partial charge < -0.3 is 15.5 Å². The van der Waals surface area contributed by atoms with Crippen molar-refractivity contribution in [3.05, 3.63) is 77.6 Å². The molecule has 1 aromatic heterocycles. The first-order valence-corrected chi connectivity index (χ1v) is 9.20. The maximum absolute atomic E-state index is 12.7. The first-order valence-electron chi connectivity index (χ1n) is 9.20. The second-order valence-corrected chi connectivity index (χ2v) is 6.75. The van der Waals surface area contributed by atoms with Crippen LogP contribution in [0, 0.1) is 6.92 Å². The molecule has 2 amide bonds. The Morgan fingerprint density at radius 1 is 0.931 bits per heavy atom. The highest BCUT2D eigenvalue weighted by Crippen LogP contribution is 2.16. The summed E-state index contributed by atoms with van der Waals surface area (Å²) in [5.41, 5.74) is 3.41. The van der Waals surface area contributed by atoms with E-state index in [4.69, 9.17) is 0 Å². The van der Waals surface area contributed by atoms with E-state index in [1.54, 1.807) is 30.3 Å². The third-order valence-corrected chi connectivity index (χ3v) is 4.14. The highest BCUT2D eigenvalue weighted by atomic mass is 16.2. The lowest BCUT2D eigenvalue weighted by molar-refractivity contribution is -0.114. The van der Waals surface area contributed by atoms with E-state index in [1.807, 2.05) is 49.2 Å². The number of carbonyl (C=O) groups excluding carboxylic acids is 2. The van der Waals surface area contributed by atoms with Crippen molar-refractivity contribution >= 4 is 29.1 Å². The molecule has 0 aliphatic carbocycles. The number of aromatic nitrogens is 2. The second-order valence-electron chi connectivity index (χ2n) is 6.75. The van der Waals surface area contributed by atoms with Crippen molar-refractivity contribution in [3.8, 4) is 0 Å². The van der Waals surface area contributed by atoms with Gasteiger partial charge in [-0.15, -0.1) is 0 Å². The van der Waals surface area contributed by atoms with E-state index in [-0.39, 0.29) is 11.8 Å². The molecule has 3 rings (SSSR count). The number of hydrogen-bond acceptors (Lipinski definition) is 5. The van der Waals surface area contributed by atoms with Gasteiger partial charge in [0, 0.05) is 37.6 Å². The third kappa shape index (κ3) is 5.62. The molecule has 0 aliphatic rings. The van der Waals surface area contributed by atoms with Crippen LogP contribution in [0.3, 0.4) is 0 Å². The fourth-order valence-corrected chi connectivity index (χ4v) is 2.80. The van der Waals surface area contributed by atoms with Crippen molar-refractivity contribution in [1.82, 2.24) is 9.97 Å². The number of carbonyl (C=O) groups is 2. The zero-order valence-electron chi connectivity index (χ0n) is 16.6. The monoisotopic (exact) mass is 389 g/mol. The summed E-state index contributed by atoms with van der Waals surface area (Å²) in [7, 11) is 1.89. The molecule has 3 aromatic rings. The van der Waals surface area contributed by atoms with Crippen LogP contribution < -0.4 is 15.5 Å². The quantitative estimate of drug-likeness (QED) is 0.672. The summed E-state index contributed by atoms with van der Waals surface area (Å²) >= 11 is 0. The van der Waals surface area contributed by atoms with Gasteiger partial charge in [-0.1, -0.05) is 30.3 Å². The SMILES string of the molecule is CC(=O)Nc1ccc(NC(=O)c2cc(C)nc(N(C)Cc3ccccc3)n2)cc1. The molecule has 1 heterocycles. The number of hydrogen-bond donors (Lipinski definition) is 2. The predicted octanol–water partition coefficient (Wildman–Crippen LogP) is 3.63. The lowest BCUT2D eigenvalue weighted by Crippen LogP contribution is -2.22. The number of rotatable bonds is 6. The molecule has 29 heavy (non-hydrogen) atoms. The summed E-state index contributed by atoms with van der Waals surface area (Å²) in [6.07, 6.45) is 0. The molecule has 148 valence electrons. The Morgan fingerprint density at radius 3 is 2.17 bits per heavy atom. The molecule has 2 N–H and O–H groups in total. The summed E-state index contributed by atoms with van der Waals surface area (Å²) in [5, 5.41) is 5.51. The summed E-state index contributed by atoms with van der Waals surface area (Å²) < 4.78 is 0. The van der Waals surface area contributed by atoms with Gasteiger partial charge in [0.15, 0.2) is 0 Å². The Morgan fingerprint density at radius 2 is 1.55 bits per heavy atom. The summed E-state index contributed by atoms with van der Waals surface area (Å²) in [6.45, 7) is 3.91. The third-order valence-electron chi connectivity index (χ3n) is 4.14. The first kappa shape index (κ1) is 20.0. The van der Waals surface area contributed by atoms with Crippen molar-refractivity contribution in [2.75, 3.05) is 22.6 Å². The van der Waals surface area contributed by atoms with Crippen molar-refractivity contribution < 1.29 is 9.59 Å². The van der Waals surface area contributed by atoms with E-state index in [1.165, 1.54) is 6.92 Å². The van der Waals surface area contributed by atoms with Gasteiger partial charge >= 0.3 is 0 Å². The standard InChI is InChI=1S/C22H23N5O2/c1-15-13-20(21(29)25-19-11-9-18(10-12-19)24-16(2)28)26-22(23-15)27(3)14-17-7-5-4-6-8-17/h4-13H,14H2,1-3H3,(H,24,28)(H,25,29). The van der Waals surface area contributed by atoms with Gasteiger partial charge in [-0.3, -0.25) is 9.59 Å². The minimum Gasteiger partial charge on any atom is -0.340 e. The molecule has 0 saturated carbocycles. The maximum Gasteiger partial charge on any atom is 0.274 e. The van der Waals surface area contributed by atoms with E-state index in [2.05, 4.69) is 20.6 Å². The Bertz CT molecular complexity index is 1000. The Labute approximate surface area is 169 Å². The van der Waals surface area contributed by atoms with Gasteiger partial charge in [-0.05, 0) is 42.8 Å². The van der Waals surface area contributed by atoms with Gasteiger partial charge in [-0.25, -0.2) is 9.97 Å². The highest BCUT2D eigenvalue weighted by Gasteiger charge is 2.14. The fraction of sp³-hybridized carbons (Fsp3) is 0.182. The summed E-state index contributed by atoms with van der Waals surface area (Å²) in [6, 6.07) is 18.5. The zero-order valence-corrected chi connectivity index (χ0v) is 16.6. The second kappa shape index (κ2) is 8.97. The number of amides is 2. The van der Waals surface area contributed by atoms with Gasteiger partial charge in [-0.2, -0.15) is 0 Å². The van der Waals surface area contributed by atoms with Crippen molar-refractivity contribution in [1.29, 1.82) is 0 Å². The molecule has 7 nitrogen and oxygen atoms in total. The summed E-state index contributed by atoms with van der Waals surface area (Å²) in [4.78, 5) is 34.6. The normalized spacial score (nSPS) is 10.3. The maximum atomic E-state index is 12.7. The van der Waals surface area contributed by atoms with Crippen LogP contribution in [0.4, 0.5) is 17.3 Å². The molecule has 0 unspecified atom stereocenters. The number of aryl methyl sites for hydroxylation is 1. The van der Waals surface area contributed by atoms with E-state index < -0.39 is 0 Å². The van der Waals surface area contributed by atoms with Crippen molar-refractivity contribution in [2.24, 2.45) is 0 Å². The Kier molecular flexibility index (Phi) is 6.19. The van der Waals surface area contributed by atoms with Crippen LogP contribution in [0.1, 0.15) is 28.7 Å². The molecule has 0 aliphatic heterocycles. The number of nitrogens with one attached hydrogen (secondary N) is 2. The molecule has 0 atom stereocenters. The molecule has 0 radical (unpaired) electrons. The topological polar surface area (TPSA) is 87.2 Å². The molecule has 0 spiro atoms. The number of anilines is 3. The number of nitrogens with zero attached hydrogens (tertiary/aromatic N) is 3. The van der Waals surface area contributed by atoms with E-state index in [0.717, 1.165) is 5.56 Å². The van der Waals surface area contributed by atoms with Crippen LogP contribution in [0.2, 0.25) is 0 Å². The van der Waals surface area contributed by atoms with Crippen LogP contribution in [-0.2, 0) is 11.3 Å².